The molecule has 2 fully saturated rings. The van der Waals surface area contributed by atoms with Crippen LogP contribution in [0.25, 0.3) is 0 Å². The van der Waals surface area contributed by atoms with Crippen LogP contribution in [0.5, 0.6) is 11.5 Å². The molecule has 3 aliphatic rings. The molecule has 0 radical (unpaired) electrons. The first-order valence-corrected chi connectivity index (χ1v) is 8.03. The highest BCUT2D eigenvalue weighted by molar-refractivity contribution is 9.10. The summed E-state index contributed by atoms with van der Waals surface area (Å²) in [5.41, 5.74) is 1.20. The van der Waals surface area contributed by atoms with Gasteiger partial charge in [0.05, 0.1) is 6.10 Å². The fraction of sp³-hybridized carbons (Fsp3) is 0.600. The van der Waals surface area contributed by atoms with Crippen molar-refractivity contribution in [3.8, 4) is 11.5 Å². The molecule has 0 amide bonds. The zero-order valence-corrected chi connectivity index (χ0v) is 12.8. The second-order valence-electron chi connectivity index (χ2n) is 5.75. The molecule has 2 unspecified atom stereocenters. The lowest BCUT2D eigenvalue weighted by Gasteiger charge is -2.20. The molecule has 20 heavy (non-hydrogen) atoms. The van der Waals surface area contributed by atoms with Crippen molar-refractivity contribution in [2.45, 2.75) is 38.0 Å². The van der Waals surface area contributed by atoms with Gasteiger partial charge in [-0.25, -0.2) is 0 Å². The molecule has 0 spiro atoms. The van der Waals surface area contributed by atoms with E-state index in [1.807, 2.05) is 6.07 Å². The third kappa shape index (κ3) is 2.43. The molecule has 0 aromatic heterocycles. The van der Waals surface area contributed by atoms with Gasteiger partial charge in [-0.15, -0.1) is 0 Å². The number of rotatable bonds is 4. The van der Waals surface area contributed by atoms with E-state index in [1.54, 1.807) is 0 Å². The number of fused-ring (bicyclic) bond motifs is 1. The molecule has 4 rings (SSSR count). The number of hydrogen-bond acceptors (Lipinski definition) is 4. The summed E-state index contributed by atoms with van der Waals surface area (Å²) in [4.78, 5) is 0. The Morgan fingerprint density at radius 2 is 1.95 bits per heavy atom. The summed E-state index contributed by atoms with van der Waals surface area (Å²) >= 11 is 3.61. The molecule has 1 saturated carbocycles. The van der Waals surface area contributed by atoms with Gasteiger partial charge in [0.15, 0.2) is 11.5 Å². The first-order chi connectivity index (χ1) is 9.81. The van der Waals surface area contributed by atoms with Crippen molar-refractivity contribution in [2.24, 2.45) is 5.92 Å². The third-order valence-electron chi connectivity index (χ3n) is 4.32. The summed E-state index contributed by atoms with van der Waals surface area (Å²) in [5.74, 6) is 2.45. The first kappa shape index (κ1) is 12.9. The Morgan fingerprint density at radius 1 is 1.15 bits per heavy atom. The molecule has 108 valence electrons. The number of hydrogen-bond donors (Lipinski definition) is 1. The van der Waals surface area contributed by atoms with Gasteiger partial charge in [-0.05, 0) is 42.9 Å². The molecule has 0 bridgehead atoms. The van der Waals surface area contributed by atoms with Crippen LogP contribution in [0.3, 0.4) is 0 Å². The SMILES string of the molecule is Brc1cc2c(cc1CNC1CCOC1C1CC1)OCO2. The third-order valence-corrected chi connectivity index (χ3v) is 5.06. The molecule has 1 N–H and O–H groups in total. The highest BCUT2D eigenvalue weighted by atomic mass is 79.9. The van der Waals surface area contributed by atoms with E-state index in [4.69, 9.17) is 14.2 Å². The molecule has 1 aromatic rings. The lowest BCUT2D eigenvalue weighted by Crippen LogP contribution is -2.37. The lowest BCUT2D eigenvalue weighted by molar-refractivity contribution is 0.0808. The average molecular weight is 340 g/mol. The number of halogens is 1. The summed E-state index contributed by atoms with van der Waals surface area (Å²) in [6.45, 7) is 2.04. The Hall–Kier alpha value is -0.780. The standard InChI is InChI=1S/C15H18BrNO3/c16-11-6-14-13(19-8-20-14)5-10(11)7-17-12-3-4-18-15(12)9-1-2-9/h5-6,9,12,15,17H,1-4,7-8H2. The minimum Gasteiger partial charge on any atom is -0.454 e. The molecule has 2 heterocycles. The van der Waals surface area contributed by atoms with E-state index < -0.39 is 0 Å². The highest BCUT2D eigenvalue weighted by Gasteiger charge is 2.40. The van der Waals surface area contributed by atoms with E-state index in [9.17, 15) is 0 Å². The zero-order chi connectivity index (χ0) is 13.5. The summed E-state index contributed by atoms with van der Waals surface area (Å²) in [6, 6.07) is 4.53. The van der Waals surface area contributed by atoms with E-state index in [-0.39, 0.29) is 0 Å². The normalized spacial score (nSPS) is 28.1. The van der Waals surface area contributed by atoms with Crippen LogP contribution >= 0.6 is 15.9 Å². The Labute approximate surface area is 126 Å². The lowest BCUT2D eigenvalue weighted by atomic mass is 10.1. The predicted molar refractivity (Wildman–Crippen MR) is 78.0 cm³/mol. The molecule has 2 aliphatic heterocycles. The quantitative estimate of drug-likeness (QED) is 0.915. The minimum atomic E-state index is 0.318. The largest absolute Gasteiger partial charge is 0.454 e. The van der Waals surface area contributed by atoms with Crippen LogP contribution in [0.1, 0.15) is 24.8 Å². The highest BCUT2D eigenvalue weighted by Crippen LogP contribution is 2.39. The van der Waals surface area contributed by atoms with E-state index >= 15 is 0 Å². The molecule has 1 saturated heterocycles. The van der Waals surface area contributed by atoms with Crippen LogP contribution in [0, 0.1) is 5.92 Å². The van der Waals surface area contributed by atoms with Crippen LogP contribution in [0.4, 0.5) is 0 Å². The van der Waals surface area contributed by atoms with Crippen molar-refractivity contribution >= 4 is 15.9 Å². The maximum absolute atomic E-state index is 5.86. The molecule has 1 aliphatic carbocycles. The first-order valence-electron chi connectivity index (χ1n) is 7.24. The number of nitrogens with one attached hydrogen (secondary N) is 1. The van der Waals surface area contributed by atoms with Gasteiger partial charge in [0.2, 0.25) is 6.79 Å². The molecular weight excluding hydrogens is 322 g/mol. The Balaban J connectivity index is 1.44. The van der Waals surface area contributed by atoms with Gasteiger partial charge in [0.1, 0.15) is 0 Å². The maximum Gasteiger partial charge on any atom is 0.231 e. The van der Waals surface area contributed by atoms with Gasteiger partial charge in [-0.2, -0.15) is 0 Å². The van der Waals surface area contributed by atoms with Gasteiger partial charge in [0.25, 0.3) is 0 Å². The fourth-order valence-corrected chi connectivity index (χ4v) is 3.52. The minimum absolute atomic E-state index is 0.318. The summed E-state index contributed by atoms with van der Waals surface area (Å²) in [6.07, 6.45) is 4.19. The van der Waals surface area contributed by atoms with Crippen molar-refractivity contribution in [2.75, 3.05) is 13.4 Å². The van der Waals surface area contributed by atoms with Crippen LogP contribution in [0.2, 0.25) is 0 Å². The monoisotopic (exact) mass is 339 g/mol. The van der Waals surface area contributed by atoms with Gasteiger partial charge >= 0.3 is 0 Å². The van der Waals surface area contributed by atoms with Crippen molar-refractivity contribution in [1.29, 1.82) is 0 Å². The number of ether oxygens (including phenoxy) is 3. The second kappa shape index (κ2) is 5.20. The predicted octanol–water partition coefficient (Wildman–Crippen LogP) is 2.83. The fourth-order valence-electron chi connectivity index (χ4n) is 3.05. The average Bonchev–Trinajstić information content (AvgIpc) is 3.01. The zero-order valence-electron chi connectivity index (χ0n) is 11.2. The summed E-state index contributed by atoms with van der Waals surface area (Å²) in [7, 11) is 0. The van der Waals surface area contributed by atoms with Crippen LogP contribution in [-0.2, 0) is 11.3 Å². The van der Waals surface area contributed by atoms with Crippen molar-refractivity contribution in [3.63, 3.8) is 0 Å². The van der Waals surface area contributed by atoms with Crippen LogP contribution in [-0.4, -0.2) is 25.5 Å². The van der Waals surface area contributed by atoms with Gasteiger partial charge < -0.3 is 19.5 Å². The van der Waals surface area contributed by atoms with E-state index in [2.05, 4.69) is 27.3 Å². The molecule has 5 heteroatoms. The topological polar surface area (TPSA) is 39.7 Å². The second-order valence-corrected chi connectivity index (χ2v) is 6.60. The Bertz CT molecular complexity index is 518. The van der Waals surface area contributed by atoms with Gasteiger partial charge in [0, 0.05) is 23.7 Å². The van der Waals surface area contributed by atoms with Gasteiger partial charge in [-0.3, -0.25) is 0 Å². The molecule has 2 atom stereocenters. The Kier molecular flexibility index (Phi) is 3.36. The van der Waals surface area contributed by atoms with E-state index in [0.717, 1.165) is 41.5 Å². The van der Waals surface area contributed by atoms with Crippen LogP contribution < -0.4 is 14.8 Å². The number of benzene rings is 1. The van der Waals surface area contributed by atoms with Gasteiger partial charge in [-0.1, -0.05) is 15.9 Å². The summed E-state index contributed by atoms with van der Waals surface area (Å²) in [5, 5.41) is 3.65. The Morgan fingerprint density at radius 3 is 2.75 bits per heavy atom. The molecule has 1 aromatic carbocycles. The summed E-state index contributed by atoms with van der Waals surface area (Å²) < 4.78 is 17.7. The van der Waals surface area contributed by atoms with Crippen molar-refractivity contribution in [1.82, 2.24) is 5.32 Å². The van der Waals surface area contributed by atoms with E-state index in [1.165, 1.54) is 18.4 Å². The van der Waals surface area contributed by atoms with Crippen LogP contribution in [0.15, 0.2) is 16.6 Å². The van der Waals surface area contributed by atoms with E-state index in [0.29, 0.717) is 18.9 Å². The molecular formula is C15H18BrNO3. The van der Waals surface area contributed by atoms with Crippen molar-refractivity contribution < 1.29 is 14.2 Å². The van der Waals surface area contributed by atoms with Crippen molar-refractivity contribution in [3.05, 3.63) is 22.2 Å². The molecule has 4 nitrogen and oxygen atoms in total. The smallest absolute Gasteiger partial charge is 0.231 e. The maximum atomic E-state index is 5.86.